The van der Waals surface area contributed by atoms with Crippen molar-refractivity contribution in [3.05, 3.63) is 65.5 Å². The Hall–Kier alpha value is -1.91. The second kappa shape index (κ2) is 6.46. The van der Waals surface area contributed by atoms with Gasteiger partial charge in [-0.15, -0.1) is 0 Å². The van der Waals surface area contributed by atoms with Gasteiger partial charge in [-0.25, -0.2) is 4.39 Å². The number of phenols is 1. The van der Waals surface area contributed by atoms with Gasteiger partial charge >= 0.3 is 0 Å². The third-order valence-corrected chi connectivity index (χ3v) is 4.07. The maximum absolute atomic E-state index is 13.7. The number of ether oxygens (including phenoxy) is 2. The van der Waals surface area contributed by atoms with Gasteiger partial charge in [0.1, 0.15) is 11.6 Å². The highest BCUT2D eigenvalue weighted by atomic mass is 19.1. The van der Waals surface area contributed by atoms with Crippen LogP contribution in [-0.4, -0.2) is 18.3 Å². The van der Waals surface area contributed by atoms with E-state index in [1.807, 2.05) is 30.3 Å². The van der Waals surface area contributed by atoms with E-state index in [-0.39, 0.29) is 5.75 Å². The molecule has 3 rings (SSSR count). The number of benzene rings is 2. The van der Waals surface area contributed by atoms with Gasteiger partial charge in [-0.2, -0.15) is 0 Å². The van der Waals surface area contributed by atoms with Crippen molar-refractivity contribution >= 4 is 0 Å². The highest BCUT2D eigenvalue weighted by molar-refractivity contribution is 5.33. The van der Waals surface area contributed by atoms with E-state index in [0.717, 1.165) is 11.6 Å². The van der Waals surface area contributed by atoms with Crippen LogP contribution in [-0.2, 0) is 21.7 Å². The van der Waals surface area contributed by atoms with Crippen LogP contribution in [0.3, 0.4) is 0 Å². The first-order valence-electron chi connectivity index (χ1n) is 7.44. The molecule has 0 saturated carbocycles. The minimum atomic E-state index is -0.617. The molecule has 1 aliphatic heterocycles. The molecule has 1 aliphatic rings. The monoisotopic (exact) mass is 302 g/mol. The summed E-state index contributed by atoms with van der Waals surface area (Å²) in [7, 11) is 0. The quantitative estimate of drug-likeness (QED) is 0.934. The van der Waals surface area contributed by atoms with Crippen molar-refractivity contribution in [1.82, 2.24) is 0 Å². The van der Waals surface area contributed by atoms with Gasteiger partial charge in [0.15, 0.2) is 0 Å². The molecular formula is C18H19FO3. The smallest absolute Gasteiger partial charge is 0.127 e. The Balaban J connectivity index is 1.87. The first kappa shape index (κ1) is 15.0. The number of phenolic OH excluding ortho intramolecular Hbond substituents is 1. The molecule has 1 saturated heterocycles. The zero-order chi connectivity index (χ0) is 15.4. The molecular weight excluding hydrogens is 283 g/mol. The van der Waals surface area contributed by atoms with E-state index in [0.29, 0.717) is 38.2 Å². The summed E-state index contributed by atoms with van der Waals surface area (Å²) in [6.45, 7) is 1.57. The Bertz CT molecular complexity index is 601. The van der Waals surface area contributed by atoms with Crippen LogP contribution in [0.25, 0.3) is 0 Å². The number of hydrogen-bond donors (Lipinski definition) is 1. The largest absolute Gasteiger partial charge is 0.508 e. The molecule has 0 bridgehead atoms. The van der Waals surface area contributed by atoms with Crippen molar-refractivity contribution in [2.75, 3.05) is 13.2 Å². The highest BCUT2D eigenvalue weighted by Crippen LogP contribution is 2.38. The first-order valence-corrected chi connectivity index (χ1v) is 7.44. The van der Waals surface area contributed by atoms with Gasteiger partial charge in [0, 0.05) is 32.1 Å². The van der Waals surface area contributed by atoms with Crippen LogP contribution in [0.1, 0.15) is 24.0 Å². The molecule has 0 atom stereocenters. The zero-order valence-corrected chi connectivity index (χ0v) is 12.3. The first-order chi connectivity index (χ1) is 10.7. The molecule has 3 nitrogen and oxygen atoms in total. The van der Waals surface area contributed by atoms with E-state index in [1.165, 1.54) is 6.07 Å². The summed E-state index contributed by atoms with van der Waals surface area (Å²) in [6, 6.07) is 14.0. The summed E-state index contributed by atoms with van der Waals surface area (Å²) in [5.74, 6) is -0.534. The van der Waals surface area contributed by atoms with Crippen LogP contribution in [0.15, 0.2) is 48.5 Å². The molecule has 1 N–H and O–H groups in total. The zero-order valence-electron chi connectivity index (χ0n) is 12.3. The SMILES string of the molecule is Oc1cc(F)cc(C2(OCc3ccccc3)CCOCC2)c1. The molecule has 1 fully saturated rings. The Labute approximate surface area is 129 Å². The van der Waals surface area contributed by atoms with Crippen LogP contribution in [0.2, 0.25) is 0 Å². The lowest BCUT2D eigenvalue weighted by atomic mass is 9.85. The van der Waals surface area contributed by atoms with Crippen molar-refractivity contribution < 1.29 is 19.0 Å². The minimum Gasteiger partial charge on any atom is -0.508 e. The van der Waals surface area contributed by atoms with Crippen LogP contribution < -0.4 is 0 Å². The summed E-state index contributed by atoms with van der Waals surface area (Å²) < 4.78 is 25.3. The van der Waals surface area contributed by atoms with E-state index >= 15 is 0 Å². The van der Waals surface area contributed by atoms with E-state index in [2.05, 4.69) is 0 Å². The average molecular weight is 302 g/mol. The topological polar surface area (TPSA) is 38.7 Å². The highest BCUT2D eigenvalue weighted by Gasteiger charge is 2.36. The van der Waals surface area contributed by atoms with Gasteiger partial charge in [-0.05, 0) is 23.3 Å². The van der Waals surface area contributed by atoms with E-state index in [9.17, 15) is 9.50 Å². The molecule has 2 aromatic rings. The maximum Gasteiger partial charge on any atom is 0.127 e. The van der Waals surface area contributed by atoms with Crippen LogP contribution >= 0.6 is 0 Å². The lowest BCUT2D eigenvalue weighted by Gasteiger charge is -2.37. The van der Waals surface area contributed by atoms with Crippen LogP contribution in [0.5, 0.6) is 5.75 Å². The van der Waals surface area contributed by atoms with Crippen LogP contribution in [0.4, 0.5) is 4.39 Å². The lowest BCUT2D eigenvalue weighted by molar-refractivity contribution is -0.124. The van der Waals surface area contributed by atoms with Gasteiger partial charge in [0.25, 0.3) is 0 Å². The van der Waals surface area contributed by atoms with Crippen molar-refractivity contribution in [2.24, 2.45) is 0 Å². The van der Waals surface area contributed by atoms with Gasteiger partial charge in [0.05, 0.1) is 12.2 Å². The summed E-state index contributed by atoms with van der Waals surface area (Å²) >= 11 is 0. The predicted octanol–water partition coefficient (Wildman–Crippen LogP) is 3.75. The number of rotatable bonds is 4. The molecule has 22 heavy (non-hydrogen) atoms. The fourth-order valence-electron chi connectivity index (χ4n) is 2.85. The summed E-state index contributed by atoms with van der Waals surface area (Å²) in [4.78, 5) is 0. The average Bonchev–Trinajstić information content (AvgIpc) is 2.54. The summed E-state index contributed by atoms with van der Waals surface area (Å²) in [5.41, 5.74) is 1.12. The van der Waals surface area contributed by atoms with Gasteiger partial charge < -0.3 is 14.6 Å². The number of halogens is 1. The lowest BCUT2D eigenvalue weighted by Crippen LogP contribution is -2.36. The van der Waals surface area contributed by atoms with Gasteiger partial charge in [-0.3, -0.25) is 0 Å². The normalized spacial score (nSPS) is 17.3. The summed E-state index contributed by atoms with van der Waals surface area (Å²) in [6.07, 6.45) is 1.28. The molecule has 2 aromatic carbocycles. The molecule has 0 aliphatic carbocycles. The fourth-order valence-corrected chi connectivity index (χ4v) is 2.85. The molecule has 0 unspecified atom stereocenters. The Kier molecular flexibility index (Phi) is 4.41. The molecule has 4 heteroatoms. The third-order valence-electron chi connectivity index (χ3n) is 4.07. The standard InChI is InChI=1S/C18H19FO3/c19-16-10-15(11-17(20)12-16)18(6-8-21-9-7-18)22-13-14-4-2-1-3-5-14/h1-5,10-12,20H,6-9,13H2. The van der Waals surface area contributed by atoms with Gasteiger partial charge in [-0.1, -0.05) is 30.3 Å². The Morgan fingerprint density at radius 2 is 1.82 bits per heavy atom. The third kappa shape index (κ3) is 3.29. The predicted molar refractivity (Wildman–Crippen MR) is 81.0 cm³/mol. The second-order valence-corrected chi connectivity index (χ2v) is 5.58. The minimum absolute atomic E-state index is 0.0795. The fraction of sp³-hybridized carbons (Fsp3) is 0.333. The number of aromatic hydroxyl groups is 1. The van der Waals surface area contributed by atoms with Gasteiger partial charge in [0.2, 0.25) is 0 Å². The molecule has 116 valence electrons. The molecule has 0 amide bonds. The van der Waals surface area contributed by atoms with Crippen molar-refractivity contribution in [1.29, 1.82) is 0 Å². The second-order valence-electron chi connectivity index (χ2n) is 5.58. The van der Waals surface area contributed by atoms with Crippen LogP contribution in [0, 0.1) is 5.82 Å². The van der Waals surface area contributed by atoms with E-state index < -0.39 is 11.4 Å². The Morgan fingerprint density at radius 1 is 1.09 bits per heavy atom. The van der Waals surface area contributed by atoms with E-state index in [4.69, 9.17) is 9.47 Å². The number of hydrogen-bond acceptors (Lipinski definition) is 3. The molecule has 0 radical (unpaired) electrons. The molecule has 0 spiro atoms. The Morgan fingerprint density at radius 3 is 2.50 bits per heavy atom. The van der Waals surface area contributed by atoms with Crippen molar-refractivity contribution in [2.45, 2.75) is 25.0 Å². The molecule has 0 aromatic heterocycles. The van der Waals surface area contributed by atoms with Crippen molar-refractivity contribution in [3.63, 3.8) is 0 Å². The van der Waals surface area contributed by atoms with Crippen molar-refractivity contribution in [3.8, 4) is 5.75 Å². The summed E-state index contributed by atoms with van der Waals surface area (Å²) in [5, 5.41) is 9.70. The maximum atomic E-state index is 13.7. The van der Waals surface area contributed by atoms with E-state index in [1.54, 1.807) is 6.07 Å². The molecule has 1 heterocycles.